The van der Waals surface area contributed by atoms with Gasteiger partial charge in [0.1, 0.15) is 35.4 Å². The molecule has 0 saturated carbocycles. The fourth-order valence-electron chi connectivity index (χ4n) is 4.92. The first-order chi connectivity index (χ1) is 20.4. The van der Waals surface area contributed by atoms with Gasteiger partial charge in [0.15, 0.2) is 12.2 Å². The van der Waals surface area contributed by atoms with E-state index in [0.717, 1.165) is 6.92 Å². The maximum Gasteiger partial charge on any atom is 0.342 e. The molecular weight excluding hydrogens is 572 g/mol. The summed E-state index contributed by atoms with van der Waals surface area (Å²) in [5.74, 6) is -2.66. The summed E-state index contributed by atoms with van der Waals surface area (Å²) in [5.41, 5.74) is 0.470. The minimum Gasteiger partial charge on any atom is -0.457 e. The Kier molecular flexibility index (Phi) is 8.58. The summed E-state index contributed by atoms with van der Waals surface area (Å²) < 4.78 is 26.5. The summed E-state index contributed by atoms with van der Waals surface area (Å²) in [6.45, 7) is 4.01. The first kappa shape index (κ1) is 30.6. The van der Waals surface area contributed by atoms with Crippen LogP contribution in [0.25, 0.3) is 22.1 Å². The largest absolute Gasteiger partial charge is 0.457 e. The lowest BCUT2D eigenvalue weighted by atomic mass is 9.99. The van der Waals surface area contributed by atoms with Gasteiger partial charge in [-0.05, 0) is 38.1 Å². The Bertz CT molecular complexity index is 1550. The van der Waals surface area contributed by atoms with E-state index in [1.54, 1.807) is 0 Å². The van der Waals surface area contributed by atoms with Gasteiger partial charge in [0.25, 0.3) is 0 Å². The Balaban J connectivity index is 1.41. The van der Waals surface area contributed by atoms with E-state index in [9.17, 15) is 39.9 Å². The van der Waals surface area contributed by atoms with Gasteiger partial charge in [-0.1, -0.05) is 12.1 Å². The van der Waals surface area contributed by atoms with Crippen LogP contribution in [0, 0.1) is 0 Å². The molecule has 15 nitrogen and oxygen atoms in total. The summed E-state index contributed by atoms with van der Waals surface area (Å²) in [6, 6.07) is 8.87. The van der Waals surface area contributed by atoms with E-state index in [4.69, 9.17) is 23.7 Å². The number of para-hydroxylation sites is 2. The number of benzene rings is 2. The molecule has 2 aliphatic rings. The zero-order valence-electron chi connectivity index (χ0n) is 23.1. The molecule has 230 valence electrons. The van der Waals surface area contributed by atoms with Crippen LogP contribution in [-0.2, 0) is 28.5 Å². The molecule has 5 rings (SSSR count). The topological polar surface area (TPSA) is 224 Å². The number of aliphatic hydroxyl groups is 5. The number of hydrogen-bond donors (Lipinski definition) is 5. The highest BCUT2D eigenvalue weighted by atomic mass is 16.7. The molecular formula is C28H30N2O13. The second kappa shape index (κ2) is 12.0. The van der Waals surface area contributed by atoms with E-state index in [-0.39, 0.29) is 33.2 Å². The predicted molar refractivity (Wildman–Crippen MR) is 142 cm³/mol. The van der Waals surface area contributed by atoms with Gasteiger partial charge in [-0.25, -0.2) is 19.6 Å². The lowest BCUT2D eigenvalue weighted by Gasteiger charge is -2.40. The van der Waals surface area contributed by atoms with Gasteiger partial charge in [-0.3, -0.25) is 4.79 Å². The van der Waals surface area contributed by atoms with Crippen molar-refractivity contribution in [2.75, 3.05) is 0 Å². The molecule has 2 aromatic carbocycles. The Morgan fingerprint density at radius 3 is 1.60 bits per heavy atom. The Morgan fingerprint density at radius 1 is 0.651 bits per heavy atom. The molecule has 43 heavy (non-hydrogen) atoms. The Labute approximate surface area is 243 Å². The van der Waals surface area contributed by atoms with Gasteiger partial charge in [-0.15, -0.1) is 0 Å². The number of ether oxygens (including phenoxy) is 5. The van der Waals surface area contributed by atoms with Crippen LogP contribution < -0.4 is 0 Å². The fourth-order valence-corrected chi connectivity index (χ4v) is 4.92. The zero-order chi connectivity index (χ0) is 31.2. The Morgan fingerprint density at radius 2 is 1.12 bits per heavy atom. The van der Waals surface area contributed by atoms with Crippen molar-refractivity contribution in [3.8, 4) is 0 Å². The van der Waals surface area contributed by atoms with E-state index in [0.29, 0.717) is 0 Å². The maximum atomic E-state index is 13.2. The van der Waals surface area contributed by atoms with Gasteiger partial charge in [0, 0.05) is 6.92 Å². The third-order valence-corrected chi connectivity index (χ3v) is 7.27. The molecule has 2 fully saturated rings. The van der Waals surface area contributed by atoms with Crippen LogP contribution in [-0.4, -0.2) is 115 Å². The highest BCUT2D eigenvalue weighted by molar-refractivity contribution is 6.07. The van der Waals surface area contributed by atoms with Crippen LogP contribution in [0.5, 0.6) is 0 Å². The van der Waals surface area contributed by atoms with Gasteiger partial charge >= 0.3 is 17.9 Å². The van der Waals surface area contributed by atoms with E-state index in [1.807, 2.05) is 0 Å². The molecule has 15 heteroatoms. The highest BCUT2D eigenvalue weighted by Gasteiger charge is 2.47. The molecule has 0 radical (unpaired) electrons. The van der Waals surface area contributed by atoms with Gasteiger partial charge in [0.2, 0.25) is 12.6 Å². The smallest absolute Gasteiger partial charge is 0.342 e. The number of hydrogen-bond acceptors (Lipinski definition) is 15. The summed E-state index contributed by atoms with van der Waals surface area (Å²) in [7, 11) is 0. The number of carbonyl (C=O) groups excluding carboxylic acids is 3. The number of nitrogens with zero attached hydrogens (tertiary/aromatic N) is 2. The molecule has 0 amide bonds. The maximum absolute atomic E-state index is 13.2. The second-order valence-corrected chi connectivity index (χ2v) is 10.3. The molecule has 2 aliphatic heterocycles. The molecule has 5 N–H and O–H groups in total. The second-order valence-electron chi connectivity index (χ2n) is 10.3. The van der Waals surface area contributed by atoms with E-state index < -0.39 is 79.3 Å². The van der Waals surface area contributed by atoms with Crippen LogP contribution in [0.2, 0.25) is 0 Å². The van der Waals surface area contributed by atoms with Crippen LogP contribution in [0.4, 0.5) is 0 Å². The van der Waals surface area contributed by atoms with Crippen molar-refractivity contribution in [2.45, 2.75) is 82.2 Å². The number of fused-ring (bicyclic) bond motifs is 2. The normalized spacial score (nSPS) is 32.7. The predicted octanol–water partition coefficient (Wildman–Crippen LogP) is -0.678. The third-order valence-electron chi connectivity index (χ3n) is 7.27. The first-order valence-electron chi connectivity index (χ1n) is 13.4. The number of aliphatic hydroxyl groups excluding tert-OH is 5. The van der Waals surface area contributed by atoms with Gasteiger partial charge in [-0.2, -0.15) is 0 Å². The Hall–Kier alpha value is -3.83. The van der Waals surface area contributed by atoms with E-state index in [2.05, 4.69) is 9.97 Å². The number of carbonyl (C=O) groups is 3. The summed E-state index contributed by atoms with van der Waals surface area (Å²) in [4.78, 5) is 46.8. The fraction of sp³-hybridized carbons (Fsp3) is 0.464. The SMILES string of the molecule is CC(=O)O[C@@H]1[C@@H](O)[C@H](C)O[C@@H](OC(=O)c2cccc3nc4c(C(=O)O[C@@H]5O[C@@H](C)[C@H](O)[C@@H](O)[C@H]5O)cccc4nc23)[C@@H]1O. The van der Waals surface area contributed by atoms with E-state index >= 15 is 0 Å². The third kappa shape index (κ3) is 5.88. The quantitative estimate of drug-likeness (QED) is 0.139. The molecule has 3 aromatic rings. The number of esters is 3. The van der Waals surface area contributed by atoms with Crippen LogP contribution >= 0.6 is 0 Å². The van der Waals surface area contributed by atoms with Crippen molar-refractivity contribution < 1.29 is 63.6 Å². The lowest BCUT2D eigenvalue weighted by Crippen LogP contribution is -2.59. The molecule has 0 bridgehead atoms. The van der Waals surface area contributed by atoms with Crippen molar-refractivity contribution in [1.29, 1.82) is 0 Å². The lowest BCUT2D eigenvalue weighted by molar-refractivity contribution is -0.279. The van der Waals surface area contributed by atoms with Crippen molar-refractivity contribution in [2.24, 2.45) is 0 Å². The summed E-state index contributed by atoms with van der Waals surface area (Å²) >= 11 is 0. The van der Waals surface area contributed by atoms with Crippen LogP contribution in [0.15, 0.2) is 36.4 Å². The molecule has 1 aromatic heterocycles. The van der Waals surface area contributed by atoms with Crippen molar-refractivity contribution >= 4 is 40.0 Å². The monoisotopic (exact) mass is 602 g/mol. The molecule has 0 spiro atoms. The number of rotatable bonds is 5. The minimum absolute atomic E-state index is 0.0493. The average molecular weight is 603 g/mol. The number of aromatic nitrogens is 2. The van der Waals surface area contributed by atoms with Crippen molar-refractivity contribution in [3.63, 3.8) is 0 Å². The minimum atomic E-state index is -1.70. The van der Waals surface area contributed by atoms with Gasteiger partial charge in [0.05, 0.1) is 34.4 Å². The standard InChI is InChI=1S/C28H30N2O13/c1-10-19(32)21(34)22(35)27(39-10)42-25(37)13-6-4-8-15-17(13)29-16-9-5-7-14(18(16)30-15)26(38)43-28-23(36)24(41-12(3)31)20(33)11(2)40-28/h4-11,19-24,27-28,32-36H,1-3H3/t10-,11-,19-,20-,21+,22+,23+,24+,27-,28-/m0/s1. The first-order valence-corrected chi connectivity index (χ1v) is 13.4. The molecule has 10 atom stereocenters. The molecule has 2 saturated heterocycles. The average Bonchev–Trinajstić information content (AvgIpc) is 2.97. The van der Waals surface area contributed by atoms with Crippen molar-refractivity contribution in [3.05, 3.63) is 47.5 Å². The highest BCUT2D eigenvalue weighted by Crippen LogP contribution is 2.28. The molecule has 0 aliphatic carbocycles. The van der Waals surface area contributed by atoms with E-state index in [1.165, 1.54) is 50.2 Å². The van der Waals surface area contributed by atoms with Gasteiger partial charge < -0.3 is 49.2 Å². The van der Waals surface area contributed by atoms with Crippen LogP contribution in [0.1, 0.15) is 41.5 Å². The van der Waals surface area contributed by atoms with Crippen LogP contribution in [0.3, 0.4) is 0 Å². The summed E-state index contributed by atoms with van der Waals surface area (Å²) in [5, 5.41) is 51.0. The molecule has 3 heterocycles. The van der Waals surface area contributed by atoms with Crippen molar-refractivity contribution in [1.82, 2.24) is 9.97 Å². The summed E-state index contributed by atoms with van der Waals surface area (Å²) in [6.07, 6.45) is -14.1. The molecule has 0 unspecified atom stereocenters. The zero-order valence-corrected chi connectivity index (χ0v) is 23.1.